The zero-order valence-electron chi connectivity index (χ0n) is 17.7. The number of pyridine rings is 1. The molecule has 1 aliphatic heterocycles. The number of imidazole rings is 1. The van der Waals surface area contributed by atoms with E-state index in [1.165, 1.54) is 17.8 Å². The Balaban J connectivity index is 0.000000478. The summed E-state index contributed by atoms with van der Waals surface area (Å²) in [7, 11) is 1.56. The molecule has 1 amide bonds. The zero-order valence-corrected chi connectivity index (χ0v) is 18.5. The molecule has 9 nitrogen and oxygen atoms in total. The van der Waals surface area contributed by atoms with Crippen molar-refractivity contribution in [2.75, 3.05) is 7.05 Å². The van der Waals surface area contributed by atoms with Crippen LogP contribution < -0.4 is 0 Å². The number of aryl methyl sites for hydroxylation is 1. The van der Waals surface area contributed by atoms with E-state index in [1.54, 1.807) is 25.4 Å². The van der Waals surface area contributed by atoms with Gasteiger partial charge in [0.2, 0.25) is 0 Å². The molecule has 1 saturated heterocycles. The van der Waals surface area contributed by atoms with Crippen molar-refractivity contribution in [1.29, 1.82) is 0 Å². The van der Waals surface area contributed by atoms with Gasteiger partial charge in [-0.25, -0.2) is 9.78 Å². The molecular weight excluding hydrogens is 418 g/mol. The minimum atomic E-state index is -0.369. The molecule has 3 heterocycles. The molecule has 0 spiro atoms. The van der Waals surface area contributed by atoms with E-state index in [9.17, 15) is 14.9 Å². The Kier molecular flexibility index (Phi) is 6.91. The van der Waals surface area contributed by atoms with Crippen LogP contribution in [0.3, 0.4) is 0 Å². The standard InChI is InChI=1S/C19H20N4O2S.C2H3NO2/c1-13(2)18-19(26-17-8-4-7-16(10-17)23(24)25)22(14(3)21-18)12-15-6-5-9-20-11-15;1-3-2(4)5-3/h4-11,13H,12H2,1-3H3;1H3. The molecule has 0 bridgehead atoms. The van der Waals surface area contributed by atoms with E-state index < -0.39 is 0 Å². The first-order chi connectivity index (χ1) is 14.8. The summed E-state index contributed by atoms with van der Waals surface area (Å²) in [5.74, 6) is 1.18. The summed E-state index contributed by atoms with van der Waals surface area (Å²) in [6.07, 6.45) is 3.35. The molecule has 2 aromatic heterocycles. The Morgan fingerprint density at radius 1 is 1.26 bits per heavy atom. The average Bonchev–Trinajstić information content (AvgIpc) is 3.31. The first kappa shape index (κ1) is 22.3. The number of hydrogen-bond acceptors (Lipinski definition) is 7. The van der Waals surface area contributed by atoms with Gasteiger partial charge in [-0.1, -0.05) is 37.7 Å². The van der Waals surface area contributed by atoms with Gasteiger partial charge in [-0.2, -0.15) is 0 Å². The van der Waals surface area contributed by atoms with Gasteiger partial charge in [-0.05, 0) is 30.5 Å². The Morgan fingerprint density at radius 2 is 1.97 bits per heavy atom. The highest BCUT2D eigenvalue weighted by molar-refractivity contribution is 7.99. The first-order valence-electron chi connectivity index (χ1n) is 9.60. The van der Waals surface area contributed by atoms with Crippen LogP contribution in [0.2, 0.25) is 0 Å². The lowest BCUT2D eigenvalue weighted by molar-refractivity contribution is -0.385. The second-order valence-electron chi connectivity index (χ2n) is 7.16. The molecule has 0 radical (unpaired) electrons. The van der Waals surface area contributed by atoms with Gasteiger partial charge < -0.3 is 9.40 Å². The number of amides is 1. The van der Waals surface area contributed by atoms with Crippen LogP contribution in [0, 0.1) is 17.0 Å². The molecule has 0 aliphatic carbocycles. The summed E-state index contributed by atoms with van der Waals surface area (Å²) in [6, 6.07) is 10.7. The fourth-order valence-electron chi connectivity index (χ4n) is 2.78. The van der Waals surface area contributed by atoms with Crippen molar-refractivity contribution in [2.45, 2.75) is 43.2 Å². The predicted molar refractivity (Wildman–Crippen MR) is 116 cm³/mol. The maximum Gasteiger partial charge on any atom is 0.467 e. The van der Waals surface area contributed by atoms with E-state index in [2.05, 4.69) is 28.2 Å². The van der Waals surface area contributed by atoms with Crippen LogP contribution in [0.4, 0.5) is 10.5 Å². The average molecular weight is 442 g/mol. The van der Waals surface area contributed by atoms with Gasteiger partial charge in [-0.3, -0.25) is 15.1 Å². The second kappa shape index (κ2) is 9.61. The zero-order chi connectivity index (χ0) is 22.5. The topological polar surface area (TPSA) is 106 Å². The van der Waals surface area contributed by atoms with Gasteiger partial charge in [0.15, 0.2) is 0 Å². The Labute approximate surface area is 184 Å². The molecule has 0 saturated carbocycles. The highest BCUT2D eigenvalue weighted by atomic mass is 32.2. The minimum absolute atomic E-state index is 0.0937. The fraction of sp³-hybridized carbons (Fsp3) is 0.286. The summed E-state index contributed by atoms with van der Waals surface area (Å²) < 4.78 is 2.15. The van der Waals surface area contributed by atoms with E-state index in [0.29, 0.717) is 6.54 Å². The lowest BCUT2D eigenvalue weighted by Gasteiger charge is -2.12. The summed E-state index contributed by atoms with van der Waals surface area (Å²) >= 11 is 1.52. The van der Waals surface area contributed by atoms with Gasteiger partial charge >= 0.3 is 6.09 Å². The van der Waals surface area contributed by atoms with E-state index in [0.717, 1.165) is 32.1 Å². The Morgan fingerprint density at radius 3 is 2.52 bits per heavy atom. The molecule has 3 aromatic rings. The summed E-state index contributed by atoms with van der Waals surface area (Å²) in [5, 5.41) is 13.2. The Bertz CT molecular complexity index is 1080. The molecule has 0 atom stereocenters. The molecule has 1 fully saturated rings. The molecule has 0 unspecified atom stereocenters. The number of nitro benzene ring substituents is 1. The number of hydrogen-bond donors (Lipinski definition) is 0. The lowest BCUT2D eigenvalue weighted by Crippen LogP contribution is -2.04. The van der Waals surface area contributed by atoms with Crippen LogP contribution in [0.5, 0.6) is 0 Å². The van der Waals surface area contributed by atoms with Gasteiger partial charge in [-0.15, -0.1) is 5.06 Å². The molecule has 1 aliphatic rings. The summed E-state index contributed by atoms with van der Waals surface area (Å²) in [5.41, 5.74) is 2.18. The van der Waals surface area contributed by atoms with Crippen molar-refractivity contribution in [1.82, 2.24) is 19.6 Å². The minimum Gasteiger partial charge on any atom is -0.318 e. The molecule has 0 N–H and O–H groups in total. The second-order valence-corrected chi connectivity index (χ2v) is 8.22. The Hall–Kier alpha value is -3.40. The van der Waals surface area contributed by atoms with Gasteiger partial charge in [0.25, 0.3) is 5.69 Å². The molecule has 162 valence electrons. The summed E-state index contributed by atoms with van der Waals surface area (Å²) in [4.78, 5) is 34.2. The summed E-state index contributed by atoms with van der Waals surface area (Å²) in [6.45, 7) is 6.86. The fourth-order valence-corrected chi connectivity index (χ4v) is 4.02. The van der Waals surface area contributed by atoms with Crippen LogP contribution in [-0.4, -0.2) is 37.7 Å². The van der Waals surface area contributed by atoms with Crippen molar-refractivity contribution in [2.24, 2.45) is 0 Å². The van der Waals surface area contributed by atoms with Crippen molar-refractivity contribution in [3.63, 3.8) is 0 Å². The van der Waals surface area contributed by atoms with E-state index in [1.807, 2.05) is 31.3 Å². The smallest absolute Gasteiger partial charge is 0.318 e. The van der Waals surface area contributed by atoms with Crippen LogP contribution in [0.25, 0.3) is 0 Å². The quantitative estimate of drug-likeness (QED) is 0.307. The number of aromatic nitrogens is 3. The molecule has 4 rings (SSSR count). The van der Waals surface area contributed by atoms with Crippen LogP contribution in [0.15, 0.2) is 58.7 Å². The third kappa shape index (κ3) is 5.82. The van der Waals surface area contributed by atoms with Crippen molar-refractivity contribution in [3.8, 4) is 0 Å². The van der Waals surface area contributed by atoms with Crippen molar-refractivity contribution >= 4 is 23.5 Å². The number of nitro groups is 1. The normalized spacial score (nSPS) is 12.3. The maximum atomic E-state index is 11.1. The number of hydroxylamine groups is 2. The van der Waals surface area contributed by atoms with E-state index >= 15 is 0 Å². The van der Waals surface area contributed by atoms with Crippen LogP contribution >= 0.6 is 11.8 Å². The molecule has 1 aromatic carbocycles. The predicted octanol–water partition coefficient (Wildman–Crippen LogP) is 4.80. The SMILES string of the molecule is CN1OC1=O.Cc1nc(C(C)C)c(Sc2cccc([N+](=O)[O-])c2)n1Cc1cccnc1. The third-order valence-electron chi connectivity index (χ3n) is 4.43. The van der Waals surface area contributed by atoms with Crippen molar-refractivity contribution in [3.05, 3.63) is 76.0 Å². The third-order valence-corrected chi connectivity index (χ3v) is 5.54. The van der Waals surface area contributed by atoms with E-state index in [-0.39, 0.29) is 22.6 Å². The van der Waals surface area contributed by atoms with Crippen LogP contribution in [0.1, 0.15) is 36.8 Å². The monoisotopic (exact) mass is 441 g/mol. The van der Waals surface area contributed by atoms with Crippen molar-refractivity contribution < 1.29 is 14.6 Å². The van der Waals surface area contributed by atoms with E-state index in [4.69, 9.17) is 4.98 Å². The maximum absolute atomic E-state index is 11.1. The van der Waals surface area contributed by atoms with Gasteiger partial charge in [0.05, 0.1) is 24.2 Å². The lowest BCUT2D eigenvalue weighted by atomic mass is 10.1. The first-order valence-corrected chi connectivity index (χ1v) is 10.4. The molecule has 31 heavy (non-hydrogen) atoms. The van der Waals surface area contributed by atoms with Gasteiger partial charge in [0.1, 0.15) is 10.9 Å². The molecular formula is C21H23N5O4S. The highest BCUT2D eigenvalue weighted by Crippen LogP contribution is 2.36. The molecule has 10 heteroatoms. The highest BCUT2D eigenvalue weighted by Gasteiger charge is 2.28. The largest absolute Gasteiger partial charge is 0.467 e. The number of carbonyl (C=O) groups excluding carboxylic acids is 1. The number of non-ortho nitro benzene ring substituents is 1. The van der Waals surface area contributed by atoms with Gasteiger partial charge in [0, 0.05) is 29.4 Å². The van der Waals surface area contributed by atoms with Crippen LogP contribution in [-0.2, 0) is 11.4 Å². The number of rotatable bonds is 6. The number of nitrogens with zero attached hydrogens (tertiary/aromatic N) is 5. The number of benzene rings is 1. The number of carbonyl (C=O) groups is 1.